The van der Waals surface area contributed by atoms with E-state index in [1.54, 1.807) is 5.56 Å². The standard InChI is InChI=1S/C28H22.CH4O/c1-3-10-21-19(7-1)9-5-12-23(21)24-13-6-14-25-27-16-15-20-8-2-4-11-22(20)26(27)17-18-28(24)25;1-2/h1-5,7-12,15-18,24H,6,13-14H2;2H,1H3/t24-;/m1./s1. The zero-order valence-corrected chi connectivity index (χ0v) is 17.3. The summed E-state index contributed by atoms with van der Waals surface area (Å²) in [6.07, 6.45) is 3.68. The molecule has 0 heterocycles. The van der Waals surface area contributed by atoms with Gasteiger partial charge in [-0.15, -0.1) is 0 Å². The van der Waals surface area contributed by atoms with Gasteiger partial charge in [0.1, 0.15) is 0 Å². The van der Waals surface area contributed by atoms with Crippen molar-refractivity contribution in [3.63, 3.8) is 0 Å². The van der Waals surface area contributed by atoms with E-state index in [0.29, 0.717) is 5.92 Å². The SMILES string of the molecule is CO.c1ccc2c([C@H]3CCCc4c3ccc3c4ccc4ccccc43)cccc2c1. The molecule has 1 nitrogen and oxygen atoms in total. The first-order valence-electron chi connectivity index (χ1n) is 10.8. The Hall–Kier alpha value is -3.16. The summed E-state index contributed by atoms with van der Waals surface area (Å²) in [7, 11) is 1.00. The smallest absolute Gasteiger partial charge is 0.0319 e. The maximum atomic E-state index is 7.00. The van der Waals surface area contributed by atoms with Crippen molar-refractivity contribution in [2.75, 3.05) is 7.11 Å². The first kappa shape index (κ1) is 18.8. The molecule has 0 spiro atoms. The highest BCUT2D eigenvalue weighted by Gasteiger charge is 2.24. The van der Waals surface area contributed by atoms with E-state index in [0.717, 1.165) is 7.11 Å². The van der Waals surface area contributed by atoms with Crippen molar-refractivity contribution in [2.24, 2.45) is 0 Å². The second-order valence-electron chi connectivity index (χ2n) is 8.03. The van der Waals surface area contributed by atoms with Gasteiger partial charge in [0.25, 0.3) is 0 Å². The van der Waals surface area contributed by atoms with Gasteiger partial charge in [-0.25, -0.2) is 0 Å². The molecular weight excluding hydrogens is 364 g/mol. The van der Waals surface area contributed by atoms with Crippen LogP contribution in [0.3, 0.4) is 0 Å². The van der Waals surface area contributed by atoms with E-state index in [-0.39, 0.29) is 0 Å². The van der Waals surface area contributed by atoms with E-state index in [1.165, 1.54) is 62.7 Å². The second-order valence-corrected chi connectivity index (χ2v) is 8.03. The fourth-order valence-electron chi connectivity index (χ4n) is 5.29. The minimum atomic E-state index is 0.491. The van der Waals surface area contributed by atoms with Crippen LogP contribution in [0.1, 0.15) is 35.4 Å². The Kier molecular flexibility index (Phi) is 4.98. The van der Waals surface area contributed by atoms with Gasteiger partial charge in [0.05, 0.1) is 0 Å². The van der Waals surface area contributed by atoms with E-state index in [9.17, 15) is 0 Å². The van der Waals surface area contributed by atoms with E-state index in [2.05, 4.69) is 91.0 Å². The first-order chi connectivity index (χ1) is 14.9. The number of aliphatic hydroxyl groups excluding tert-OH is 1. The average Bonchev–Trinajstić information content (AvgIpc) is 2.84. The monoisotopic (exact) mass is 390 g/mol. The second kappa shape index (κ2) is 7.93. The predicted octanol–water partition coefficient (Wildman–Crippen LogP) is 7.22. The molecule has 5 aromatic carbocycles. The Balaban J connectivity index is 0.000000937. The van der Waals surface area contributed by atoms with Crippen LogP contribution in [0.2, 0.25) is 0 Å². The van der Waals surface area contributed by atoms with Crippen LogP contribution in [0.5, 0.6) is 0 Å². The maximum absolute atomic E-state index is 7.00. The first-order valence-corrected chi connectivity index (χ1v) is 10.8. The molecule has 1 aliphatic rings. The number of fused-ring (bicyclic) bond motifs is 6. The highest BCUT2D eigenvalue weighted by Crippen LogP contribution is 2.42. The molecule has 1 atom stereocenters. The Morgan fingerprint density at radius 2 is 1.23 bits per heavy atom. The molecule has 0 aromatic heterocycles. The molecule has 30 heavy (non-hydrogen) atoms. The lowest BCUT2D eigenvalue weighted by Crippen LogP contribution is -2.12. The van der Waals surface area contributed by atoms with Gasteiger partial charge in [-0.2, -0.15) is 0 Å². The fraction of sp³-hybridized carbons (Fsp3) is 0.172. The summed E-state index contributed by atoms with van der Waals surface area (Å²) in [5.74, 6) is 0.491. The Labute approximate surface area is 177 Å². The zero-order chi connectivity index (χ0) is 20.5. The third kappa shape index (κ3) is 2.98. The van der Waals surface area contributed by atoms with Gasteiger partial charge >= 0.3 is 0 Å². The van der Waals surface area contributed by atoms with Crippen LogP contribution < -0.4 is 0 Å². The summed E-state index contributed by atoms with van der Waals surface area (Å²) >= 11 is 0. The average molecular weight is 391 g/mol. The summed E-state index contributed by atoms with van der Waals surface area (Å²) in [4.78, 5) is 0. The predicted molar refractivity (Wildman–Crippen MR) is 128 cm³/mol. The van der Waals surface area contributed by atoms with Crippen LogP contribution in [0, 0.1) is 0 Å². The van der Waals surface area contributed by atoms with Crippen molar-refractivity contribution in [3.05, 3.63) is 108 Å². The normalized spacial score (nSPS) is 15.6. The van der Waals surface area contributed by atoms with E-state index in [1.807, 2.05) is 0 Å². The number of rotatable bonds is 1. The van der Waals surface area contributed by atoms with Crippen LogP contribution >= 0.6 is 0 Å². The molecule has 0 unspecified atom stereocenters. The van der Waals surface area contributed by atoms with Gasteiger partial charge in [-0.1, -0.05) is 91.0 Å². The molecule has 0 saturated heterocycles. The molecule has 0 amide bonds. The molecule has 0 fully saturated rings. The van der Waals surface area contributed by atoms with Crippen LogP contribution in [-0.2, 0) is 6.42 Å². The number of aryl methyl sites for hydroxylation is 1. The van der Waals surface area contributed by atoms with Crippen molar-refractivity contribution in [2.45, 2.75) is 25.2 Å². The molecule has 0 saturated carbocycles. The lowest BCUT2D eigenvalue weighted by Gasteiger charge is -2.28. The van der Waals surface area contributed by atoms with Crippen LogP contribution in [0.25, 0.3) is 32.3 Å². The quantitative estimate of drug-likeness (QED) is 0.300. The van der Waals surface area contributed by atoms with Gasteiger partial charge < -0.3 is 5.11 Å². The number of benzene rings is 5. The zero-order valence-electron chi connectivity index (χ0n) is 17.3. The molecule has 148 valence electrons. The van der Waals surface area contributed by atoms with E-state index < -0.39 is 0 Å². The van der Waals surface area contributed by atoms with Gasteiger partial charge in [0, 0.05) is 13.0 Å². The van der Waals surface area contributed by atoms with Crippen LogP contribution in [0.4, 0.5) is 0 Å². The van der Waals surface area contributed by atoms with E-state index >= 15 is 0 Å². The van der Waals surface area contributed by atoms with Gasteiger partial charge in [0.15, 0.2) is 0 Å². The highest BCUT2D eigenvalue weighted by atomic mass is 16.2. The van der Waals surface area contributed by atoms with Crippen molar-refractivity contribution in [3.8, 4) is 0 Å². The Bertz CT molecular complexity index is 1340. The fourth-order valence-corrected chi connectivity index (χ4v) is 5.29. The summed E-state index contributed by atoms with van der Waals surface area (Å²) in [5, 5.41) is 15.3. The molecule has 1 N–H and O–H groups in total. The minimum absolute atomic E-state index is 0.491. The third-order valence-electron chi connectivity index (χ3n) is 6.57. The summed E-state index contributed by atoms with van der Waals surface area (Å²) in [5.41, 5.74) is 4.58. The maximum Gasteiger partial charge on any atom is 0.0319 e. The third-order valence-corrected chi connectivity index (χ3v) is 6.57. The Morgan fingerprint density at radius 1 is 0.567 bits per heavy atom. The molecule has 1 aliphatic carbocycles. The van der Waals surface area contributed by atoms with E-state index in [4.69, 9.17) is 5.11 Å². The summed E-state index contributed by atoms with van der Waals surface area (Å²) < 4.78 is 0. The number of aliphatic hydroxyl groups is 1. The number of hydrogen-bond acceptors (Lipinski definition) is 1. The minimum Gasteiger partial charge on any atom is -0.400 e. The van der Waals surface area contributed by atoms with Gasteiger partial charge in [0.2, 0.25) is 0 Å². The molecule has 0 radical (unpaired) electrons. The van der Waals surface area contributed by atoms with Crippen molar-refractivity contribution < 1.29 is 5.11 Å². The molecule has 5 aromatic rings. The van der Waals surface area contributed by atoms with Crippen molar-refractivity contribution in [1.29, 1.82) is 0 Å². The summed E-state index contributed by atoms with van der Waals surface area (Å²) in [6, 6.07) is 33.8. The van der Waals surface area contributed by atoms with Crippen molar-refractivity contribution in [1.82, 2.24) is 0 Å². The molecular formula is C29H26O. The van der Waals surface area contributed by atoms with Crippen LogP contribution in [0.15, 0.2) is 91.0 Å². The molecule has 0 bridgehead atoms. The molecule has 6 rings (SSSR count). The Morgan fingerprint density at radius 3 is 2.07 bits per heavy atom. The molecule has 0 aliphatic heterocycles. The van der Waals surface area contributed by atoms with Crippen molar-refractivity contribution >= 4 is 32.3 Å². The summed E-state index contributed by atoms with van der Waals surface area (Å²) in [6.45, 7) is 0. The lowest BCUT2D eigenvalue weighted by molar-refractivity contribution is 0.399. The molecule has 1 heteroatoms. The highest BCUT2D eigenvalue weighted by molar-refractivity contribution is 6.08. The van der Waals surface area contributed by atoms with Gasteiger partial charge in [-0.3, -0.25) is 0 Å². The number of hydrogen-bond donors (Lipinski definition) is 1. The topological polar surface area (TPSA) is 20.2 Å². The lowest BCUT2D eigenvalue weighted by atomic mass is 9.76. The van der Waals surface area contributed by atoms with Crippen LogP contribution in [-0.4, -0.2) is 12.2 Å². The van der Waals surface area contributed by atoms with Gasteiger partial charge in [-0.05, 0) is 68.3 Å². The largest absolute Gasteiger partial charge is 0.400 e.